The maximum atomic E-state index is 5.94. The molecule has 0 atom stereocenters. The summed E-state index contributed by atoms with van der Waals surface area (Å²) in [6.45, 7) is 6.44. The molecule has 0 spiro atoms. The van der Waals surface area contributed by atoms with Crippen LogP contribution in [0, 0.1) is 0 Å². The van der Waals surface area contributed by atoms with Gasteiger partial charge in [0.2, 0.25) is 0 Å². The van der Waals surface area contributed by atoms with Gasteiger partial charge >= 0.3 is 0 Å². The summed E-state index contributed by atoms with van der Waals surface area (Å²) in [4.78, 5) is 4.85. The minimum absolute atomic E-state index is 0. The number of nitrogens with zero attached hydrogens (tertiary/aromatic N) is 2. The number of hydrogen-bond acceptors (Lipinski definition) is 3. The smallest absolute Gasteiger partial charge is 0.120 e. The molecule has 20 heavy (non-hydrogen) atoms. The summed E-state index contributed by atoms with van der Waals surface area (Å²) >= 11 is 11.8. The first-order chi connectivity index (χ1) is 9.15. The molecule has 0 aromatic heterocycles. The van der Waals surface area contributed by atoms with Crippen molar-refractivity contribution in [3.63, 3.8) is 0 Å². The SMILES string of the molecule is CN1CCN(CCCOc2ccc(Cl)c(Cl)c2)CC1.[Br-]. The van der Waals surface area contributed by atoms with Crippen LogP contribution in [0.1, 0.15) is 6.42 Å². The minimum atomic E-state index is 0. The summed E-state index contributed by atoms with van der Waals surface area (Å²) in [5.41, 5.74) is 0. The number of piperazine rings is 1. The molecule has 0 amide bonds. The van der Waals surface area contributed by atoms with E-state index in [1.807, 2.05) is 6.07 Å². The van der Waals surface area contributed by atoms with Gasteiger partial charge in [-0.1, -0.05) is 23.2 Å². The highest BCUT2D eigenvalue weighted by molar-refractivity contribution is 6.42. The van der Waals surface area contributed by atoms with Gasteiger partial charge in [0.25, 0.3) is 0 Å². The first kappa shape index (κ1) is 18.1. The second kappa shape index (κ2) is 9.11. The molecule has 0 bridgehead atoms. The Morgan fingerprint density at radius 1 is 1.10 bits per heavy atom. The van der Waals surface area contributed by atoms with E-state index < -0.39 is 0 Å². The van der Waals surface area contributed by atoms with Crippen molar-refractivity contribution < 1.29 is 21.7 Å². The standard InChI is InChI=1S/C14H20Cl2N2O.BrH/c1-17-6-8-18(9-7-17)5-2-10-19-12-3-4-13(15)14(16)11-12;/h3-4,11H,2,5-10H2,1H3;1H/p-1. The molecule has 1 heterocycles. The number of hydrogen-bond donors (Lipinski definition) is 0. The molecule has 1 aromatic carbocycles. The third-order valence-corrected chi connectivity index (χ3v) is 4.11. The third kappa shape index (κ3) is 5.78. The average Bonchev–Trinajstić information content (AvgIpc) is 2.41. The zero-order valence-corrected chi connectivity index (χ0v) is 14.7. The van der Waals surface area contributed by atoms with Crippen molar-refractivity contribution >= 4 is 23.2 Å². The molecule has 6 heteroatoms. The average molecular weight is 383 g/mol. The molecule has 1 fully saturated rings. The van der Waals surface area contributed by atoms with Gasteiger partial charge in [-0.2, -0.15) is 0 Å². The van der Waals surface area contributed by atoms with Crippen LogP contribution in [-0.4, -0.2) is 56.2 Å². The van der Waals surface area contributed by atoms with Crippen LogP contribution < -0.4 is 21.7 Å². The van der Waals surface area contributed by atoms with Crippen molar-refractivity contribution in [1.29, 1.82) is 0 Å². The lowest BCUT2D eigenvalue weighted by Crippen LogP contribution is -3.00. The fraction of sp³-hybridized carbons (Fsp3) is 0.571. The highest BCUT2D eigenvalue weighted by Crippen LogP contribution is 2.26. The molecule has 3 nitrogen and oxygen atoms in total. The lowest BCUT2D eigenvalue weighted by molar-refractivity contribution is -0.00000430. The predicted octanol–water partition coefficient (Wildman–Crippen LogP) is 0.0137. The Morgan fingerprint density at radius 2 is 1.80 bits per heavy atom. The molecule has 1 aliphatic rings. The Hall–Kier alpha value is -0.0000000000000000555. The molecule has 0 radical (unpaired) electrons. The highest BCUT2D eigenvalue weighted by Gasteiger charge is 2.12. The van der Waals surface area contributed by atoms with Crippen LogP contribution in [0.2, 0.25) is 10.0 Å². The van der Waals surface area contributed by atoms with Crippen molar-refractivity contribution in [1.82, 2.24) is 9.80 Å². The number of likely N-dealkylation sites (N-methyl/N-ethyl adjacent to an activating group) is 1. The van der Waals surface area contributed by atoms with Gasteiger partial charge in [-0.05, 0) is 25.6 Å². The van der Waals surface area contributed by atoms with Crippen molar-refractivity contribution in [2.24, 2.45) is 0 Å². The summed E-state index contributed by atoms with van der Waals surface area (Å²) in [5, 5.41) is 1.10. The Kier molecular flexibility index (Phi) is 8.22. The van der Waals surface area contributed by atoms with Crippen LogP contribution in [0.5, 0.6) is 5.75 Å². The van der Waals surface area contributed by atoms with Gasteiger partial charge in [0, 0.05) is 38.8 Å². The zero-order valence-electron chi connectivity index (χ0n) is 11.6. The summed E-state index contributed by atoms with van der Waals surface area (Å²) < 4.78 is 5.67. The van der Waals surface area contributed by atoms with Crippen LogP contribution in [-0.2, 0) is 0 Å². The molecule has 0 aliphatic carbocycles. The summed E-state index contributed by atoms with van der Waals surface area (Å²) in [6.07, 6.45) is 1.03. The first-order valence-corrected chi connectivity index (χ1v) is 7.39. The van der Waals surface area contributed by atoms with E-state index in [4.69, 9.17) is 27.9 Å². The van der Waals surface area contributed by atoms with E-state index in [9.17, 15) is 0 Å². The summed E-state index contributed by atoms with van der Waals surface area (Å²) in [6, 6.07) is 5.38. The van der Waals surface area contributed by atoms with Crippen LogP contribution in [0.25, 0.3) is 0 Å². The Bertz CT molecular complexity index is 412. The lowest BCUT2D eigenvalue weighted by Gasteiger charge is -2.32. The molecule has 2 rings (SSSR count). The van der Waals surface area contributed by atoms with Gasteiger partial charge in [0.1, 0.15) is 5.75 Å². The molecular weight excluding hydrogens is 363 g/mol. The lowest BCUT2D eigenvalue weighted by atomic mass is 10.3. The van der Waals surface area contributed by atoms with Crippen LogP contribution in [0.15, 0.2) is 18.2 Å². The van der Waals surface area contributed by atoms with Crippen molar-refractivity contribution in [2.75, 3.05) is 46.4 Å². The van der Waals surface area contributed by atoms with E-state index in [2.05, 4.69) is 16.8 Å². The first-order valence-electron chi connectivity index (χ1n) is 6.64. The van der Waals surface area contributed by atoms with Gasteiger partial charge < -0.3 is 31.5 Å². The van der Waals surface area contributed by atoms with Gasteiger partial charge in [0.05, 0.1) is 16.7 Å². The number of halogens is 3. The summed E-state index contributed by atoms with van der Waals surface area (Å²) in [5.74, 6) is 0.785. The molecular formula is C14H20BrCl2N2O-. The fourth-order valence-electron chi connectivity index (χ4n) is 2.12. The normalized spacial score (nSPS) is 16.8. The summed E-state index contributed by atoms with van der Waals surface area (Å²) in [7, 11) is 2.17. The monoisotopic (exact) mass is 381 g/mol. The van der Waals surface area contributed by atoms with Gasteiger partial charge in [0.15, 0.2) is 0 Å². The van der Waals surface area contributed by atoms with Gasteiger partial charge in [-0.15, -0.1) is 0 Å². The number of benzene rings is 1. The van der Waals surface area contributed by atoms with Crippen molar-refractivity contribution in [3.05, 3.63) is 28.2 Å². The molecule has 1 aromatic rings. The quantitative estimate of drug-likeness (QED) is 0.667. The van der Waals surface area contributed by atoms with Crippen LogP contribution in [0.3, 0.4) is 0 Å². The molecule has 0 saturated carbocycles. The number of rotatable bonds is 5. The van der Waals surface area contributed by atoms with E-state index in [1.54, 1.807) is 12.1 Å². The molecule has 0 N–H and O–H groups in total. The van der Waals surface area contributed by atoms with Crippen LogP contribution in [0.4, 0.5) is 0 Å². The second-order valence-corrected chi connectivity index (χ2v) is 5.74. The topological polar surface area (TPSA) is 15.7 Å². The van der Waals surface area contributed by atoms with E-state index in [0.29, 0.717) is 16.7 Å². The van der Waals surface area contributed by atoms with E-state index in [-0.39, 0.29) is 17.0 Å². The largest absolute Gasteiger partial charge is 1.00 e. The van der Waals surface area contributed by atoms with Crippen molar-refractivity contribution in [2.45, 2.75) is 6.42 Å². The molecule has 1 saturated heterocycles. The third-order valence-electron chi connectivity index (χ3n) is 3.37. The van der Waals surface area contributed by atoms with Crippen molar-refractivity contribution in [3.8, 4) is 5.75 Å². The van der Waals surface area contributed by atoms with E-state index in [0.717, 1.165) is 44.9 Å². The Morgan fingerprint density at radius 3 is 2.45 bits per heavy atom. The zero-order chi connectivity index (χ0) is 13.7. The Labute approximate surface area is 141 Å². The minimum Gasteiger partial charge on any atom is -1.00 e. The number of ether oxygens (including phenoxy) is 1. The van der Waals surface area contributed by atoms with Gasteiger partial charge in [-0.25, -0.2) is 0 Å². The predicted molar refractivity (Wildman–Crippen MR) is 80.5 cm³/mol. The van der Waals surface area contributed by atoms with Crippen LogP contribution >= 0.6 is 23.2 Å². The van der Waals surface area contributed by atoms with Gasteiger partial charge in [-0.3, -0.25) is 0 Å². The molecule has 114 valence electrons. The maximum Gasteiger partial charge on any atom is 0.120 e. The highest BCUT2D eigenvalue weighted by atomic mass is 79.9. The second-order valence-electron chi connectivity index (χ2n) is 4.92. The molecule has 0 unspecified atom stereocenters. The maximum absolute atomic E-state index is 5.94. The fourth-order valence-corrected chi connectivity index (χ4v) is 2.40. The molecule has 1 aliphatic heterocycles. The van der Waals surface area contributed by atoms with E-state index >= 15 is 0 Å². The van der Waals surface area contributed by atoms with E-state index in [1.165, 1.54) is 0 Å². The Balaban J connectivity index is 0.00000200.